The Hall–Kier alpha value is -3.00. The molecule has 1 saturated heterocycles. The van der Waals surface area contributed by atoms with Crippen molar-refractivity contribution in [3.05, 3.63) is 54.2 Å². The number of amides is 1. The third kappa shape index (κ3) is 6.70. The molecular formula is C25H28N8O2S3. The average Bonchev–Trinajstić information content (AvgIpc) is 3.63. The molecule has 1 amide bonds. The molecule has 3 aromatic heterocycles. The van der Waals surface area contributed by atoms with E-state index in [1.165, 1.54) is 36.4 Å². The molecule has 0 saturated carbocycles. The van der Waals surface area contributed by atoms with Crippen LogP contribution in [-0.2, 0) is 7.05 Å². The van der Waals surface area contributed by atoms with E-state index in [4.69, 9.17) is 4.74 Å². The van der Waals surface area contributed by atoms with Crippen molar-refractivity contribution in [3.63, 3.8) is 0 Å². The van der Waals surface area contributed by atoms with E-state index in [1.54, 1.807) is 17.8 Å². The third-order valence-electron chi connectivity index (χ3n) is 6.05. The number of carbonyl (C=O) groups is 1. The first-order valence-corrected chi connectivity index (χ1v) is 14.6. The van der Waals surface area contributed by atoms with Crippen LogP contribution >= 0.6 is 35.1 Å². The minimum absolute atomic E-state index is 0.301. The van der Waals surface area contributed by atoms with E-state index in [1.807, 2.05) is 43.4 Å². The summed E-state index contributed by atoms with van der Waals surface area (Å²) in [6.07, 6.45) is 4.15. The largest absolute Gasteiger partial charge is 0.492 e. The maximum atomic E-state index is 13.2. The van der Waals surface area contributed by atoms with Crippen LogP contribution in [0.3, 0.4) is 0 Å². The number of nitrogens with one attached hydrogen (secondary N) is 1. The smallest absolute Gasteiger partial charge is 0.277 e. The molecule has 10 nitrogen and oxygen atoms in total. The minimum atomic E-state index is -0.347. The van der Waals surface area contributed by atoms with Gasteiger partial charge in [0, 0.05) is 41.0 Å². The Balaban J connectivity index is 1.29. The summed E-state index contributed by atoms with van der Waals surface area (Å²) in [6, 6.07) is 12.3. The number of hydrogen-bond donors (Lipinski definition) is 1. The number of aromatic nitrogens is 6. The molecule has 198 valence electrons. The maximum Gasteiger partial charge on any atom is 0.277 e. The predicted molar refractivity (Wildman–Crippen MR) is 148 cm³/mol. The van der Waals surface area contributed by atoms with Crippen molar-refractivity contribution < 1.29 is 9.53 Å². The number of nitrogens with zero attached hydrogens (tertiary/aromatic N) is 7. The van der Waals surface area contributed by atoms with Gasteiger partial charge in [-0.3, -0.25) is 15.0 Å². The zero-order valence-electron chi connectivity index (χ0n) is 21.3. The van der Waals surface area contributed by atoms with E-state index < -0.39 is 0 Å². The molecule has 4 heterocycles. The summed E-state index contributed by atoms with van der Waals surface area (Å²) in [5.41, 5.74) is 0.301. The second-order valence-corrected chi connectivity index (χ2v) is 11.7. The number of likely N-dealkylation sites (tertiary alicyclic amines) is 1. The molecule has 38 heavy (non-hydrogen) atoms. The first kappa shape index (κ1) is 26.6. The van der Waals surface area contributed by atoms with Gasteiger partial charge in [0.05, 0.1) is 0 Å². The van der Waals surface area contributed by atoms with Crippen molar-refractivity contribution in [1.82, 2.24) is 34.0 Å². The van der Waals surface area contributed by atoms with E-state index in [9.17, 15) is 4.79 Å². The van der Waals surface area contributed by atoms with Gasteiger partial charge in [-0.15, -0.1) is 10.2 Å². The zero-order chi connectivity index (χ0) is 26.5. The van der Waals surface area contributed by atoms with Crippen molar-refractivity contribution in [2.75, 3.05) is 25.0 Å². The van der Waals surface area contributed by atoms with E-state index in [0.29, 0.717) is 39.5 Å². The van der Waals surface area contributed by atoms with Gasteiger partial charge in [-0.05, 0) is 81.4 Å². The number of hydrogen-bond acceptors (Lipinski definition) is 11. The van der Waals surface area contributed by atoms with Crippen molar-refractivity contribution in [2.45, 2.75) is 52.7 Å². The highest BCUT2D eigenvalue weighted by atomic mass is 32.2. The van der Waals surface area contributed by atoms with E-state index in [2.05, 4.69) is 41.7 Å². The number of carbonyl (C=O) groups excluding carboxylic acids is 1. The highest BCUT2D eigenvalue weighted by Gasteiger charge is 2.20. The molecule has 0 spiro atoms. The van der Waals surface area contributed by atoms with Crippen LogP contribution in [0.15, 0.2) is 62.7 Å². The van der Waals surface area contributed by atoms with Crippen LogP contribution in [-0.4, -0.2) is 65.7 Å². The number of benzene rings is 1. The van der Waals surface area contributed by atoms with Crippen molar-refractivity contribution in [3.8, 4) is 5.75 Å². The lowest BCUT2D eigenvalue weighted by atomic mass is 10.2. The fourth-order valence-electron chi connectivity index (χ4n) is 4.03. The van der Waals surface area contributed by atoms with E-state index in [0.717, 1.165) is 40.2 Å². The third-order valence-corrected chi connectivity index (χ3v) is 8.82. The van der Waals surface area contributed by atoms with Crippen LogP contribution < -0.4 is 10.1 Å². The molecule has 1 aliphatic heterocycles. The molecule has 1 atom stereocenters. The highest BCUT2D eigenvalue weighted by molar-refractivity contribution is 7.99. The van der Waals surface area contributed by atoms with Crippen LogP contribution in [0.4, 0.5) is 5.13 Å². The van der Waals surface area contributed by atoms with Crippen LogP contribution in [0.5, 0.6) is 5.75 Å². The van der Waals surface area contributed by atoms with Gasteiger partial charge in [-0.2, -0.15) is 4.37 Å². The van der Waals surface area contributed by atoms with Gasteiger partial charge >= 0.3 is 0 Å². The van der Waals surface area contributed by atoms with Crippen LogP contribution in [0, 0.1) is 6.92 Å². The van der Waals surface area contributed by atoms with Crippen LogP contribution in [0.1, 0.15) is 36.1 Å². The molecule has 0 aliphatic carbocycles. The van der Waals surface area contributed by atoms with Crippen LogP contribution in [0.2, 0.25) is 0 Å². The van der Waals surface area contributed by atoms with Gasteiger partial charge in [0.25, 0.3) is 5.91 Å². The molecule has 1 fully saturated rings. The molecule has 1 aromatic carbocycles. The highest BCUT2D eigenvalue weighted by Crippen LogP contribution is 2.34. The Morgan fingerprint density at radius 1 is 1.18 bits per heavy atom. The number of aryl methyl sites for hydroxylation is 2. The Morgan fingerprint density at radius 3 is 2.71 bits per heavy atom. The monoisotopic (exact) mass is 568 g/mol. The quantitative estimate of drug-likeness (QED) is 0.287. The Morgan fingerprint density at radius 2 is 2.03 bits per heavy atom. The zero-order valence-corrected chi connectivity index (χ0v) is 23.8. The number of pyridine rings is 1. The summed E-state index contributed by atoms with van der Waals surface area (Å²) in [4.78, 5) is 26.3. The fraction of sp³-hybridized carbons (Fsp3) is 0.360. The first-order chi connectivity index (χ1) is 18.4. The van der Waals surface area contributed by atoms with Gasteiger partial charge in [-0.1, -0.05) is 11.8 Å². The second kappa shape index (κ2) is 12.2. The molecule has 4 aromatic rings. The van der Waals surface area contributed by atoms with E-state index in [-0.39, 0.29) is 5.91 Å². The molecule has 0 radical (unpaired) electrons. The SMILES string of the molecule is Cc1nsc(NC(=O)c2nc(Sc3nncn3C)ccc2Sc2ccc(OCCN3CCC[C@@H]3C)cc2)n1. The summed E-state index contributed by atoms with van der Waals surface area (Å²) in [7, 11) is 1.86. The molecule has 1 aliphatic rings. The molecule has 1 N–H and O–H groups in total. The van der Waals surface area contributed by atoms with Gasteiger partial charge < -0.3 is 9.30 Å². The molecule has 5 rings (SSSR count). The second-order valence-electron chi connectivity index (χ2n) is 8.87. The minimum Gasteiger partial charge on any atom is -0.492 e. The van der Waals surface area contributed by atoms with E-state index >= 15 is 0 Å². The average molecular weight is 569 g/mol. The van der Waals surface area contributed by atoms with Gasteiger partial charge in [0.2, 0.25) is 5.13 Å². The number of rotatable bonds is 10. The van der Waals surface area contributed by atoms with Gasteiger partial charge in [0.15, 0.2) is 5.16 Å². The topological polar surface area (TPSA) is 111 Å². The number of anilines is 1. The van der Waals surface area contributed by atoms with Crippen molar-refractivity contribution in [2.24, 2.45) is 7.05 Å². The lowest BCUT2D eigenvalue weighted by Gasteiger charge is -2.20. The lowest BCUT2D eigenvalue weighted by Crippen LogP contribution is -2.31. The lowest BCUT2D eigenvalue weighted by molar-refractivity contribution is 0.101. The van der Waals surface area contributed by atoms with Gasteiger partial charge in [0.1, 0.15) is 35.2 Å². The molecule has 13 heteroatoms. The molecule has 0 unspecified atom stereocenters. The first-order valence-electron chi connectivity index (χ1n) is 12.2. The Bertz CT molecular complexity index is 1390. The summed E-state index contributed by atoms with van der Waals surface area (Å²) < 4.78 is 11.9. The van der Waals surface area contributed by atoms with Crippen molar-refractivity contribution in [1.29, 1.82) is 0 Å². The summed E-state index contributed by atoms with van der Waals surface area (Å²) in [5.74, 6) is 1.09. The van der Waals surface area contributed by atoms with Crippen molar-refractivity contribution >= 4 is 46.1 Å². The Kier molecular flexibility index (Phi) is 8.57. The standard InChI is InChI=1S/C25H28N8O2S3/c1-16-5-4-12-33(16)13-14-35-18-6-8-19(9-7-18)36-20-10-11-21(37-25-30-26-15-32(25)3)28-22(20)23(34)29-24-27-17(2)31-38-24/h6-11,15-16H,4-5,12-14H2,1-3H3,(H,27,29,31,34)/t16-/m0/s1. The summed E-state index contributed by atoms with van der Waals surface area (Å²) in [6.45, 7) is 6.82. The molecular weight excluding hydrogens is 541 g/mol. The number of ether oxygens (including phenoxy) is 1. The van der Waals surface area contributed by atoms with Gasteiger partial charge in [-0.25, -0.2) is 9.97 Å². The predicted octanol–water partition coefficient (Wildman–Crippen LogP) is 4.79. The van der Waals surface area contributed by atoms with Crippen LogP contribution in [0.25, 0.3) is 0 Å². The summed E-state index contributed by atoms with van der Waals surface area (Å²) >= 11 is 3.95. The Labute approximate surface area is 233 Å². The summed E-state index contributed by atoms with van der Waals surface area (Å²) in [5, 5.41) is 12.6. The maximum absolute atomic E-state index is 13.2. The fourth-order valence-corrected chi connectivity index (χ4v) is 6.24. The molecule has 0 bridgehead atoms. The normalized spacial score (nSPS) is 15.6.